The summed E-state index contributed by atoms with van der Waals surface area (Å²) in [4.78, 5) is 12.0. The van der Waals surface area contributed by atoms with E-state index in [1.165, 1.54) is 24.3 Å². The summed E-state index contributed by atoms with van der Waals surface area (Å²) in [5.41, 5.74) is 3.40. The molecule has 2 aromatic carbocycles. The Balaban J connectivity index is 2.16. The third-order valence-corrected chi connectivity index (χ3v) is 2.87. The summed E-state index contributed by atoms with van der Waals surface area (Å²) in [5.74, 6) is -0.510. The number of hydrogen-bond acceptors (Lipinski definition) is 1. The highest BCUT2D eigenvalue weighted by molar-refractivity contribution is 6.04. The first-order valence-corrected chi connectivity index (χ1v) is 5.70. The van der Waals surface area contributed by atoms with E-state index in [1.54, 1.807) is 6.07 Å². The smallest absolute Gasteiger partial charge is 0.255 e. The van der Waals surface area contributed by atoms with Gasteiger partial charge in [-0.15, -0.1) is 0 Å². The Kier molecular flexibility index (Phi) is 3.42. The second-order valence-corrected chi connectivity index (χ2v) is 4.26. The van der Waals surface area contributed by atoms with Crippen LogP contribution in [0, 0.1) is 19.7 Å². The molecule has 0 atom stereocenters. The predicted molar refractivity (Wildman–Crippen MR) is 70.3 cm³/mol. The standard InChI is InChI=1S/C15H14FNO/c1-10-3-4-12(9-11(10)2)15(18)17-14-7-5-13(16)6-8-14/h3-9H,1-2H3,(H,17,18). The van der Waals surface area contributed by atoms with Crippen LogP contribution in [0.3, 0.4) is 0 Å². The molecule has 3 heteroatoms. The topological polar surface area (TPSA) is 29.1 Å². The Morgan fingerprint density at radius 3 is 2.28 bits per heavy atom. The molecule has 1 amide bonds. The molecule has 2 rings (SSSR count). The monoisotopic (exact) mass is 243 g/mol. The fourth-order valence-corrected chi connectivity index (χ4v) is 1.62. The van der Waals surface area contributed by atoms with Gasteiger partial charge in [-0.05, 0) is 61.4 Å². The zero-order valence-corrected chi connectivity index (χ0v) is 10.3. The molecule has 0 aliphatic carbocycles. The minimum Gasteiger partial charge on any atom is -0.322 e. The number of aryl methyl sites for hydroxylation is 2. The SMILES string of the molecule is Cc1ccc(C(=O)Nc2ccc(F)cc2)cc1C. The van der Waals surface area contributed by atoms with Gasteiger partial charge in [0.2, 0.25) is 0 Å². The molecule has 0 radical (unpaired) electrons. The van der Waals surface area contributed by atoms with Crippen LogP contribution >= 0.6 is 0 Å². The summed E-state index contributed by atoms with van der Waals surface area (Å²) in [7, 11) is 0. The van der Waals surface area contributed by atoms with Crippen LogP contribution < -0.4 is 5.32 Å². The molecule has 0 unspecified atom stereocenters. The molecule has 1 N–H and O–H groups in total. The molecule has 0 spiro atoms. The number of halogens is 1. The summed E-state index contributed by atoms with van der Waals surface area (Å²) >= 11 is 0. The number of rotatable bonds is 2. The lowest BCUT2D eigenvalue weighted by molar-refractivity contribution is 0.102. The average Bonchev–Trinajstić information content (AvgIpc) is 2.35. The molecule has 0 saturated carbocycles. The fraction of sp³-hybridized carbons (Fsp3) is 0.133. The summed E-state index contributed by atoms with van der Waals surface area (Å²) in [6, 6.07) is 11.2. The zero-order valence-electron chi connectivity index (χ0n) is 10.3. The van der Waals surface area contributed by atoms with Crippen molar-refractivity contribution in [1.29, 1.82) is 0 Å². The van der Waals surface area contributed by atoms with Crippen molar-refractivity contribution in [3.05, 3.63) is 65.0 Å². The maximum Gasteiger partial charge on any atom is 0.255 e. The minimum atomic E-state index is -0.320. The highest BCUT2D eigenvalue weighted by Gasteiger charge is 2.07. The van der Waals surface area contributed by atoms with Gasteiger partial charge in [0.15, 0.2) is 0 Å². The van der Waals surface area contributed by atoms with E-state index in [4.69, 9.17) is 0 Å². The molecule has 2 nitrogen and oxygen atoms in total. The Bertz CT molecular complexity index is 576. The molecule has 0 aliphatic rings. The van der Waals surface area contributed by atoms with Crippen molar-refractivity contribution in [3.63, 3.8) is 0 Å². The minimum absolute atomic E-state index is 0.190. The molecule has 0 saturated heterocycles. The normalized spacial score (nSPS) is 10.2. The van der Waals surface area contributed by atoms with Crippen molar-refractivity contribution in [3.8, 4) is 0 Å². The van der Waals surface area contributed by atoms with E-state index < -0.39 is 0 Å². The molecule has 0 aliphatic heterocycles. The second-order valence-electron chi connectivity index (χ2n) is 4.26. The van der Waals surface area contributed by atoms with Gasteiger partial charge in [0, 0.05) is 11.3 Å². The van der Waals surface area contributed by atoms with Gasteiger partial charge in [-0.3, -0.25) is 4.79 Å². The first-order chi connectivity index (χ1) is 8.56. The average molecular weight is 243 g/mol. The van der Waals surface area contributed by atoms with Crippen LogP contribution in [0.2, 0.25) is 0 Å². The van der Waals surface area contributed by atoms with Crippen molar-refractivity contribution >= 4 is 11.6 Å². The van der Waals surface area contributed by atoms with Gasteiger partial charge in [0.25, 0.3) is 5.91 Å². The molecule has 0 bridgehead atoms. The first-order valence-electron chi connectivity index (χ1n) is 5.70. The van der Waals surface area contributed by atoms with E-state index in [1.807, 2.05) is 26.0 Å². The van der Waals surface area contributed by atoms with Crippen LogP contribution in [0.5, 0.6) is 0 Å². The van der Waals surface area contributed by atoms with Crippen molar-refractivity contribution in [2.75, 3.05) is 5.32 Å². The van der Waals surface area contributed by atoms with E-state index in [2.05, 4.69) is 5.32 Å². The maximum absolute atomic E-state index is 12.7. The lowest BCUT2D eigenvalue weighted by Crippen LogP contribution is -2.12. The van der Waals surface area contributed by atoms with E-state index in [0.29, 0.717) is 11.3 Å². The summed E-state index contributed by atoms with van der Waals surface area (Å²) in [6.45, 7) is 3.96. The van der Waals surface area contributed by atoms with Crippen LogP contribution in [0.15, 0.2) is 42.5 Å². The summed E-state index contributed by atoms with van der Waals surface area (Å²) in [5, 5.41) is 2.73. The Morgan fingerprint density at radius 2 is 1.67 bits per heavy atom. The second kappa shape index (κ2) is 5.00. The predicted octanol–water partition coefficient (Wildman–Crippen LogP) is 3.69. The van der Waals surface area contributed by atoms with E-state index in [9.17, 15) is 9.18 Å². The lowest BCUT2D eigenvalue weighted by atomic mass is 10.1. The molecule has 0 fully saturated rings. The van der Waals surface area contributed by atoms with Gasteiger partial charge in [-0.1, -0.05) is 6.07 Å². The lowest BCUT2D eigenvalue weighted by Gasteiger charge is -2.07. The number of benzene rings is 2. The van der Waals surface area contributed by atoms with E-state index in [-0.39, 0.29) is 11.7 Å². The Hall–Kier alpha value is -2.16. The van der Waals surface area contributed by atoms with Crippen LogP contribution in [0.25, 0.3) is 0 Å². The van der Waals surface area contributed by atoms with Gasteiger partial charge in [-0.25, -0.2) is 4.39 Å². The molecule has 0 heterocycles. The van der Waals surface area contributed by atoms with Gasteiger partial charge < -0.3 is 5.32 Å². The van der Waals surface area contributed by atoms with Crippen molar-refractivity contribution in [2.24, 2.45) is 0 Å². The molecule has 92 valence electrons. The van der Waals surface area contributed by atoms with Gasteiger partial charge in [0.05, 0.1) is 0 Å². The molecule has 18 heavy (non-hydrogen) atoms. The Morgan fingerprint density at radius 1 is 1.00 bits per heavy atom. The van der Waals surface area contributed by atoms with E-state index in [0.717, 1.165) is 11.1 Å². The van der Waals surface area contributed by atoms with Gasteiger partial charge >= 0.3 is 0 Å². The number of anilines is 1. The number of carbonyl (C=O) groups excluding carboxylic acids is 1. The maximum atomic E-state index is 12.7. The summed E-state index contributed by atoms with van der Waals surface area (Å²) < 4.78 is 12.7. The number of hydrogen-bond donors (Lipinski definition) is 1. The highest BCUT2D eigenvalue weighted by Crippen LogP contribution is 2.13. The van der Waals surface area contributed by atoms with E-state index >= 15 is 0 Å². The molecular formula is C15H14FNO. The van der Waals surface area contributed by atoms with Gasteiger partial charge in [-0.2, -0.15) is 0 Å². The Labute approximate surface area is 105 Å². The fourth-order valence-electron chi connectivity index (χ4n) is 1.62. The first kappa shape index (κ1) is 12.3. The van der Waals surface area contributed by atoms with Crippen molar-refractivity contribution < 1.29 is 9.18 Å². The quantitative estimate of drug-likeness (QED) is 0.856. The molecule has 0 aromatic heterocycles. The number of carbonyl (C=O) groups is 1. The molecule has 2 aromatic rings. The number of amides is 1. The molecular weight excluding hydrogens is 229 g/mol. The van der Waals surface area contributed by atoms with Crippen molar-refractivity contribution in [1.82, 2.24) is 0 Å². The number of nitrogens with one attached hydrogen (secondary N) is 1. The summed E-state index contributed by atoms with van der Waals surface area (Å²) in [6.07, 6.45) is 0. The third-order valence-electron chi connectivity index (χ3n) is 2.87. The third kappa shape index (κ3) is 2.74. The van der Waals surface area contributed by atoms with Gasteiger partial charge in [0.1, 0.15) is 5.82 Å². The van der Waals surface area contributed by atoms with Crippen LogP contribution in [-0.2, 0) is 0 Å². The van der Waals surface area contributed by atoms with Crippen LogP contribution in [0.1, 0.15) is 21.5 Å². The largest absolute Gasteiger partial charge is 0.322 e. The highest BCUT2D eigenvalue weighted by atomic mass is 19.1. The zero-order chi connectivity index (χ0) is 13.1. The van der Waals surface area contributed by atoms with Crippen molar-refractivity contribution in [2.45, 2.75) is 13.8 Å². The van der Waals surface area contributed by atoms with Crippen LogP contribution in [-0.4, -0.2) is 5.91 Å². The van der Waals surface area contributed by atoms with Crippen LogP contribution in [0.4, 0.5) is 10.1 Å².